The van der Waals surface area contributed by atoms with Gasteiger partial charge < -0.3 is 4.90 Å². The van der Waals surface area contributed by atoms with Crippen molar-refractivity contribution in [1.82, 2.24) is 4.98 Å². The fraction of sp³-hybridized carbons (Fsp3) is 0.500. The molecule has 0 unspecified atom stereocenters. The van der Waals surface area contributed by atoms with Crippen molar-refractivity contribution in [3.05, 3.63) is 22.3 Å². The summed E-state index contributed by atoms with van der Waals surface area (Å²) in [5, 5.41) is 0. The fourth-order valence-electron chi connectivity index (χ4n) is 1.82. The molecule has 0 atom stereocenters. The van der Waals surface area contributed by atoms with Gasteiger partial charge in [-0.25, -0.2) is 4.98 Å². The molecule has 0 amide bonds. The Hall–Kier alpha value is -0.780. The lowest BCUT2D eigenvalue weighted by Crippen LogP contribution is -2.23. The number of hydrogen-bond acceptors (Lipinski definition) is 2. The monoisotopic (exact) mass is 294 g/mol. The third kappa shape index (κ3) is 2.31. The molecule has 1 aromatic heterocycles. The van der Waals surface area contributed by atoms with Gasteiger partial charge in [-0.2, -0.15) is 13.2 Å². The first-order valence-electron chi connectivity index (χ1n) is 4.96. The van der Waals surface area contributed by atoms with Crippen LogP contribution in [0.3, 0.4) is 0 Å². The molecule has 2 heterocycles. The number of alkyl halides is 3. The van der Waals surface area contributed by atoms with Crippen molar-refractivity contribution in [1.29, 1.82) is 0 Å². The second-order valence-electron chi connectivity index (χ2n) is 3.72. The average molecular weight is 295 g/mol. The molecule has 0 bridgehead atoms. The summed E-state index contributed by atoms with van der Waals surface area (Å²) in [4.78, 5) is 5.58. The van der Waals surface area contributed by atoms with Crippen LogP contribution in [0.15, 0.2) is 16.7 Å². The summed E-state index contributed by atoms with van der Waals surface area (Å²) >= 11 is 3.02. The molecule has 1 saturated heterocycles. The minimum atomic E-state index is -4.35. The van der Waals surface area contributed by atoms with E-state index in [1.807, 2.05) is 0 Å². The normalized spacial score (nSPS) is 16.9. The van der Waals surface area contributed by atoms with Gasteiger partial charge in [0.2, 0.25) is 0 Å². The topological polar surface area (TPSA) is 16.1 Å². The van der Waals surface area contributed by atoms with Gasteiger partial charge in [0.15, 0.2) is 0 Å². The number of hydrogen-bond donors (Lipinski definition) is 0. The van der Waals surface area contributed by atoms with Crippen LogP contribution < -0.4 is 4.90 Å². The van der Waals surface area contributed by atoms with E-state index in [0.717, 1.165) is 18.9 Å². The molecular formula is C10H10BrF3N2. The Bertz CT molecular complexity index is 386. The number of nitrogens with zero attached hydrogens (tertiary/aromatic N) is 2. The second-order valence-corrected chi connectivity index (χ2v) is 4.63. The maximum Gasteiger partial charge on any atom is 0.419 e. The Balaban J connectivity index is 2.43. The molecule has 1 fully saturated rings. The molecule has 0 saturated carbocycles. The van der Waals surface area contributed by atoms with Gasteiger partial charge in [0, 0.05) is 23.8 Å². The van der Waals surface area contributed by atoms with Crippen molar-refractivity contribution in [3.63, 3.8) is 0 Å². The van der Waals surface area contributed by atoms with Crippen molar-refractivity contribution < 1.29 is 13.2 Å². The number of halogens is 4. The summed E-state index contributed by atoms with van der Waals surface area (Å²) in [6.07, 6.45) is -1.10. The quantitative estimate of drug-likeness (QED) is 0.788. The molecule has 16 heavy (non-hydrogen) atoms. The van der Waals surface area contributed by atoms with Crippen LogP contribution >= 0.6 is 15.9 Å². The van der Waals surface area contributed by atoms with Gasteiger partial charge in [0.25, 0.3) is 0 Å². The first-order chi connectivity index (χ1) is 7.48. The van der Waals surface area contributed by atoms with Crippen LogP contribution in [-0.4, -0.2) is 18.1 Å². The Morgan fingerprint density at radius 1 is 1.25 bits per heavy atom. The maximum atomic E-state index is 12.8. The van der Waals surface area contributed by atoms with Crippen LogP contribution in [0.5, 0.6) is 0 Å². The van der Waals surface area contributed by atoms with E-state index in [1.54, 1.807) is 4.90 Å². The highest BCUT2D eigenvalue weighted by atomic mass is 79.9. The van der Waals surface area contributed by atoms with Gasteiger partial charge in [-0.05, 0) is 34.8 Å². The lowest BCUT2D eigenvalue weighted by molar-refractivity contribution is -0.137. The predicted molar refractivity (Wildman–Crippen MR) is 58.4 cm³/mol. The van der Waals surface area contributed by atoms with Crippen LogP contribution in [0.2, 0.25) is 0 Å². The number of pyridine rings is 1. The molecule has 1 aliphatic rings. The first-order valence-corrected chi connectivity index (χ1v) is 5.75. The molecule has 88 valence electrons. The number of aromatic nitrogens is 1. The van der Waals surface area contributed by atoms with Crippen LogP contribution in [0.25, 0.3) is 0 Å². The van der Waals surface area contributed by atoms with E-state index >= 15 is 0 Å². The van der Waals surface area contributed by atoms with E-state index in [1.165, 1.54) is 6.20 Å². The van der Waals surface area contributed by atoms with Crippen molar-refractivity contribution in [2.75, 3.05) is 18.0 Å². The van der Waals surface area contributed by atoms with E-state index in [-0.39, 0.29) is 5.82 Å². The van der Waals surface area contributed by atoms with Gasteiger partial charge in [0.1, 0.15) is 5.82 Å². The maximum absolute atomic E-state index is 12.8. The molecule has 0 radical (unpaired) electrons. The standard InChI is InChI=1S/C10H10BrF3N2/c11-7-5-8(10(12,13)14)9(15-6-7)16-3-1-2-4-16/h5-6H,1-4H2. The molecular weight excluding hydrogens is 285 g/mol. The van der Waals surface area contributed by atoms with E-state index in [0.29, 0.717) is 17.6 Å². The first kappa shape index (κ1) is 11.7. The van der Waals surface area contributed by atoms with Crippen LogP contribution in [-0.2, 0) is 6.18 Å². The van der Waals surface area contributed by atoms with Crippen LogP contribution in [0, 0.1) is 0 Å². The second kappa shape index (κ2) is 4.24. The lowest BCUT2D eigenvalue weighted by atomic mass is 10.2. The summed E-state index contributed by atoms with van der Waals surface area (Å²) in [6.45, 7) is 1.30. The Labute approximate surface area is 99.6 Å². The highest BCUT2D eigenvalue weighted by Crippen LogP contribution is 2.37. The zero-order valence-corrected chi connectivity index (χ0v) is 9.98. The highest BCUT2D eigenvalue weighted by Gasteiger charge is 2.36. The zero-order valence-electron chi connectivity index (χ0n) is 8.39. The van der Waals surface area contributed by atoms with Gasteiger partial charge >= 0.3 is 6.18 Å². The molecule has 0 N–H and O–H groups in total. The average Bonchev–Trinajstić information content (AvgIpc) is 2.69. The van der Waals surface area contributed by atoms with E-state index in [2.05, 4.69) is 20.9 Å². The van der Waals surface area contributed by atoms with E-state index in [9.17, 15) is 13.2 Å². The summed E-state index contributed by atoms with van der Waals surface area (Å²) in [7, 11) is 0. The molecule has 1 aliphatic heterocycles. The minimum absolute atomic E-state index is 0.0493. The fourth-order valence-corrected chi connectivity index (χ4v) is 2.15. The van der Waals surface area contributed by atoms with Crippen LogP contribution in [0.4, 0.5) is 19.0 Å². The summed E-state index contributed by atoms with van der Waals surface area (Å²) in [6, 6.07) is 1.08. The highest BCUT2D eigenvalue weighted by molar-refractivity contribution is 9.10. The molecule has 6 heteroatoms. The Morgan fingerprint density at radius 2 is 1.88 bits per heavy atom. The van der Waals surface area contributed by atoms with E-state index in [4.69, 9.17) is 0 Å². The molecule has 0 aromatic carbocycles. The third-order valence-electron chi connectivity index (χ3n) is 2.54. The predicted octanol–water partition coefficient (Wildman–Crippen LogP) is 3.46. The summed E-state index contributed by atoms with van der Waals surface area (Å²) < 4.78 is 38.7. The molecule has 1 aromatic rings. The number of anilines is 1. The van der Waals surface area contributed by atoms with Crippen LogP contribution in [0.1, 0.15) is 18.4 Å². The summed E-state index contributed by atoms with van der Waals surface area (Å²) in [5.41, 5.74) is -0.663. The van der Waals surface area contributed by atoms with Gasteiger partial charge in [-0.3, -0.25) is 0 Å². The SMILES string of the molecule is FC(F)(F)c1cc(Br)cnc1N1CCCC1. The Morgan fingerprint density at radius 3 is 2.44 bits per heavy atom. The Kier molecular flexibility index (Phi) is 3.10. The van der Waals surface area contributed by atoms with Crippen molar-refractivity contribution in [2.24, 2.45) is 0 Å². The van der Waals surface area contributed by atoms with Crippen molar-refractivity contribution in [3.8, 4) is 0 Å². The largest absolute Gasteiger partial charge is 0.419 e. The molecule has 0 spiro atoms. The van der Waals surface area contributed by atoms with Gasteiger partial charge in [-0.15, -0.1) is 0 Å². The molecule has 2 nitrogen and oxygen atoms in total. The molecule has 0 aliphatic carbocycles. The van der Waals surface area contributed by atoms with Gasteiger partial charge in [0.05, 0.1) is 5.56 Å². The molecule has 2 rings (SSSR count). The lowest BCUT2D eigenvalue weighted by Gasteiger charge is -2.21. The third-order valence-corrected chi connectivity index (χ3v) is 2.98. The van der Waals surface area contributed by atoms with Crippen molar-refractivity contribution in [2.45, 2.75) is 19.0 Å². The van der Waals surface area contributed by atoms with Crippen molar-refractivity contribution >= 4 is 21.7 Å². The smallest absolute Gasteiger partial charge is 0.356 e. The minimum Gasteiger partial charge on any atom is -0.356 e. The van der Waals surface area contributed by atoms with Gasteiger partial charge in [-0.1, -0.05) is 0 Å². The van der Waals surface area contributed by atoms with E-state index < -0.39 is 11.7 Å². The number of rotatable bonds is 1. The summed E-state index contributed by atoms with van der Waals surface area (Å²) in [5.74, 6) is 0.0493. The zero-order chi connectivity index (χ0) is 11.8.